The summed E-state index contributed by atoms with van der Waals surface area (Å²) in [5.74, 6) is 0.583. The number of hydrogen-bond donors (Lipinski definition) is 2. The van der Waals surface area contributed by atoms with Crippen molar-refractivity contribution in [2.24, 2.45) is 17.1 Å². The molecule has 1 fully saturated rings. The molecule has 1 aliphatic carbocycles. The van der Waals surface area contributed by atoms with E-state index in [0.29, 0.717) is 11.3 Å². The second-order valence-corrected chi connectivity index (χ2v) is 6.08. The van der Waals surface area contributed by atoms with Gasteiger partial charge in [-0.05, 0) is 30.6 Å². The Balaban J connectivity index is 2.45. The van der Waals surface area contributed by atoms with E-state index in [-0.39, 0.29) is 12.5 Å². The number of nitrogens with two attached hydrogens (primary N) is 1. The van der Waals surface area contributed by atoms with Crippen LogP contribution in [0.2, 0.25) is 0 Å². The summed E-state index contributed by atoms with van der Waals surface area (Å²) in [5, 5.41) is 3.01. The number of carbonyl (C=O) groups excluding carboxylic acids is 1. The molecule has 0 aromatic heterocycles. The first kappa shape index (κ1) is 15.4. The van der Waals surface area contributed by atoms with Gasteiger partial charge in [0.1, 0.15) is 6.04 Å². The molecule has 4 heteroatoms. The van der Waals surface area contributed by atoms with Gasteiger partial charge in [-0.1, -0.05) is 26.7 Å². The zero-order chi connectivity index (χ0) is 13.6. The quantitative estimate of drug-likeness (QED) is 0.728. The average Bonchev–Trinajstić information content (AvgIpc) is 2.74. The molecule has 0 aromatic carbocycles. The highest BCUT2D eigenvalue weighted by Gasteiger charge is 2.34. The maximum Gasteiger partial charge on any atom is 0.239 e. The standard InChI is InChI=1S/C14H28N2O2/c1-11(2)8-14(6-4-5-7-14)10-16-13(17)12(15)9-18-3/h11-12H,4-10,15H2,1-3H3,(H,16,17). The third-order valence-corrected chi connectivity index (χ3v) is 3.83. The molecule has 0 spiro atoms. The number of carbonyl (C=O) groups is 1. The van der Waals surface area contributed by atoms with Crippen LogP contribution in [0.15, 0.2) is 0 Å². The van der Waals surface area contributed by atoms with Crippen molar-refractivity contribution in [3.63, 3.8) is 0 Å². The van der Waals surface area contributed by atoms with E-state index in [1.54, 1.807) is 7.11 Å². The van der Waals surface area contributed by atoms with Gasteiger partial charge in [0.2, 0.25) is 5.91 Å². The van der Waals surface area contributed by atoms with Crippen LogP contribution in [0.4, 0.5) is 0 Å². The molecule has 1 amide bonds. The fourth-order valence-corrected chi connectivity index (χ4v) is 3.11. The monoisotopic (exact) mass is 256 g/mol. The van der Waals surface area contributed by atoms with Gasteiger partial charge in [0.15, 0.2) is 0 Å². The lowest BCUT2D eigenvalue weighted by atomic mass is 9.78. The topological polar surface area (TPSA) is 64.3 Å². The van der Waals surface area contributed by atoms with E-state index in [1.807, 2.05) is 0 Å². The molecule has 1 atom stereocenters. The van der Waals surface area contributed by atoms with Crippen molar-refractivity contribution in [1.29, 1.82) is 0 Å². The Kier molecular flexibility index (Phi) is 6.09. The Hall–Kier alpha value is -0.610. The summed E-state index contributed by atoms with van der Waals surface area (Å²) in [5.41, 5.74) is 6.02. The van der Waals surface area contributed by atoms with Crippen molar-refractivity contribution in [3.8, 4) is 0 Å². The Labute approximate surface area is 111 Å². The SMILES string of the molecule is COCC(N)C(=O)NCC1(CC(C)C)CCCC1. The van der Waals surface area contributed by atoms with Crippen LogP contribution in [-0.2, 0) is 9.53 Å². The molecule has 1 rings (SSSR count). The van der Waals surface area contributed by atoms with Gasteiger partial charge in [-0.15, -0.1) is 0 Å². The lowest BCUT2D eigenvalue weighted by Gasteiger charge is -2.31. The molecule has 4 nitrogen and oxygen atoms in total. The third-order valence-electron chi connectivity index (χ3n) is 3.83. The van der Waals surface area contributed by atoms with Crippen molar-refractivity contribution < 1.29 is 9.53 Å². The van der Waals surface area contributed by atoms with Gasteiger partial charge in [-0.3, -0.25) is 4.79 Å². The number of ether oxygens (including phenoxy) is 1. The molecule has 0 aliphatic heterocycles. The molecule has 0 radical (unpaired) electrons. The highest BCUT2D eigenvalue weighted by atomic mass is 16.5. The minimum atomic E-state index is -0.549. The number of methoxy groups -OCH3 is 1. The van der Waals surface area contributed by atoms with Crippen LogP contribution in [0.3, 0.4) is 0 Å². The normalized spacial score (nSPS) is 20.1. The zero-order valence-corrected chi connectivity index (χ0v) is 12.0. The van der Waals surface area contributed by atoms with E-state index >= 15 is 0 Å². The summed E-state index contributed by atoms with van der Waals surface area (Å²) in [6, 6.07) is -0.549. The van der Waals surface area contributed by atoms with E-state index in [4.69, 9.17) is 10.5 Å². The van der Waals surface area contributed by atoms with E-state index in [0.717, 1.165) is 6.54 Å². The maximum atomic E-state index is 11.8. The highest BCUT2D eigenvalue weighted by Crippen LogP contribution is 2.42. The average molecular weight is 256 g/mol. The molecule has 0 saturated heterocycles. The van der Waals surface area contributed by atoms with Crippen LogP contribution in [0.5, 0.6) is 0 Å². The van der Waals surface area contributed by atoms with E-state index in [1.165, 1.54) is 32.1 Å². The van der Waals surface area contributed by atoms with Crippen LogP contribution in [0.1, 0.15) is 46.0 Å². The summed E-state index contributed by atoms with van der Waals surface area (Å²) >= 11 is 0. The first-order valence-corrected chi connectivity index (χ1v) is 7.01. The Morgan fingerprint density at radius 1 is 1.39 bits per heavy atom. The number of rotatable bonds is 7. The predicted molar refractivity (Wildman–Crippen MR) is 73.2 cm³/mol. The minimum Gasteiger partial charge on any atom is -0.383 e. The van der Waals surface area contributed by atoms with Crippen molar-refractivity contribution in [1.82, 2.24) is 5.32 Å². The molecule has 0 aromatic rings. The summed E-state index contributed by atoms with van der Waals surface area (Å²) in [4.78, 5) is 11.8. The van der Waals surface area contributed by atoms with Crippen molar-refractivity contribution in [2.75, 3.05) is 20.3 Å². The predicted octanol–water partition coefficient (Wildman–Crippen LogP) is 1.68. The Morgan fingerprint density at radius 2 is 2.00 bits per heavy atom. The molecule has 1 unspecified atom stereocenters. The van der Waals surface area contributed by atoms with Gasteiger partial charge in [-0.25, -0.2) is 0 Å². The number of hydrogen-bond acceptors (Lipinski definition) is 3. The molecular formula is C14H28N2O2. The van der Waals surface area contributed by atoms with E-state index in [2.05, 4.69) is 19.2 Å². The van der Waals surface area contributed by atoms with Crippen LogP contribution in [0, 0.1) is 11.3 Å². The molecule has 106 valence electrons. The first-order valence-electron chi connectivity index (χ1n) is 7.01. The van der Waals surface area contributed by atoms with E-state index < -0.39 is 6.04 Å². The largest absolute Gasteiger partial charge is 0.383 e. The number of nitrogens with one attached hydrogen (secondary N) is 1. The molecule has 18 heavy (non-hydrogen) atoms. The highest BCUT2D eigenvalue weighted by molar-refractivity contribution is 5.81. The van der Waals surface area contributed by atoms with Gasteiger partial charge in [0.25, 0.3) is 0 Å². The fraction of sp³-hybridized carbons (Fsp3) is 0.929. The van der Waals surface area contributed by atoms with Crippen LogP contribution in [-0.4, -0.2) is 32.2 Å². The second kappa shape index (κ2) is 7.10. The van der Waals surface area contributed by atoms with Gasteiger partial charge in [-0.2, -0.15) is 0 Å². The molecular weight excluding hydrogens is 228 g/mol. The van der Waals surface area contributed by atoms with Gasteiger partial charge in [0, 0.05) is 13.7 Å². The van der Waals surface area contributed by atoms with E-state index in [9.17, 15) is 4.79 Å². The van der Waals surface area contributed by atoms with Crippen LogP contribution in [0.25, 0.3) is 0 Å². The summed E-state index contributed by atoms with van der Waals surface area (Å²) in [6.45, 7) is 5.54. The molecule has 3 N–H and O–H groups in total. The zero-order valence-electron chi connectivity index (χ0n) is 12.0. The fourth-order valence-electron chi connectivity index (χ4n) is 3.11. The minimum absolute atomic E-state index is 0.0909. The van der Waals surface area contributed by atoms with Gasteiger partial charge >= 0.3 is 0 Å². The summed E-state index contributed by atoms with van der Waals surface area (Å²) < 4.78 is 4.90. The lowest BCUT2D eigenvalue weighted by Crippen LogP contribution is -2.47. The first-order chi connectivity index (χ1) is 8.49. The second-order valence-electron chi connectivity index (χ2n) is 6.08. The molecule has 0 bridgehead atoms. The Bertz CT molecular complexity index is 261. The third kappa shape index (κ3) is 4.58. The molecule has 1 saturated carbocycles. The molecule has 0 heterocycles. The van der Waals surface area contributed by atoms with Crippen molar-refractivity contribution in [3.05, 3.63) is 0 Å². The lowest BCUT2D eigenvalue weighted by molar-refractivity contribution is -0.124. The van der Waals surface area contributed by atoms with Crippen LogP contribution < -0.4 is 11.1 Å². The number of amides is 1. The summed E-state index contributed by atoms with van der Waals surface area (Å²) in [7, 11) is 1.56. The Morgan fingerprint density at radius 3 is 2.50 bits per heavy atom. The van der Waals surface area contributed by atoms with Gasteiger partial charge in [0.05, 0.1) is 6.61 Å². The van der Waals surface area contributed by atoms with Gasteiger partial charge < -0.3 is 15.8 Å². The smallest absolute Gasteiger partial charge is 0.239 e. The molecule has 1 aliphatic rings. The van der Waals surface area contributed by atoms with Crippen molar-refractivity contribution >= 4 is 5.91 Å². The van der Waals surface area contributed by atoms with Crippen molar-refractivity contribution in [2.45, 2.75) is 52.0 Å². The summed E-state index contributed by atoms with van der Waals surface area (Å²) in [6.07, 6.45) is 6.21. The maximum absolute atomic E-state index is 11.8. The van der Waals surface area contributed by atoms with Crippen LogP contribution >= 0.6 is 0 Å².